The van der Waals surface area contributed by atoms with Gasteiger partial charge in [0, 0.05) is 73.1 Å². The van der Waals surface area contributed by atoms with Crippen molar-refractivity contribution in [2.45, 2.75) is 188 Å². The van der Waals surface area contributed by atoms with Gasteiger partial charge in [-0.2, -0.15) is 0 Å². The molecule has 0 bridgehead atoms. The average Bonchev–Trinajstić information content (AvgIpc) is 1.57. The molecule has 0 spiro atoms. The van der Waals surface area contributed by atoms with E-state index in [1.165, 1.54) is 14.2 Å². The van der Waals surface area contributed by atoms with Gasteiger partial charge in [0.05, 0.1) is 91.4 Å². The molecule has 4 aromatic heterocycles. The van der Waals surface area contributed by atoms with E-state index in [4.69, 9.17) is 48.4 Å². The van der Waals surface area contributed by atoms with Gasteiger partial charge in [0.15, 0.2) is 0 Å². The van der Waals surface area contributed by atoms with Crippen molar-refractivity contribution in [2.75, 3.05) is 54.7 Å². The van der Waals surface area contributed by atoms with Crippen molar-refractivity contribution in [1.82, 2.24) is 75.4 Å². The summed E-state index contributed by atoms with van der Waals surface area (Å²) in [6.45, 7) is 24.2. The normalized spacial score (nSPS) is 21.6. The van der Waals surface area contributed by atoms with Gasteiger partial charge in [-0.15, -0.1) is 0 Å². The number of methoxy groups -OCH3 is 4. The highest BCUT2D eigenvalue weighted by atomic mass is 16.5. The van der Waals surface area contributed by atoms with Crippen molar-refractivity contribution < 1.29 is 72.2 Å². The summed E-state index contributed by atoms with van der Waals surface area (Å²) in [5, 5.41) is 31.7. The highest BCUT2D eigenvalue weighted by molar-refractivity contribution is 6.08. The van der Waals surface area contributed by atoms with Gasteiger partial charge in [0.2, 0.25) is 17.7 Å². The Labute approximate surface area is 695 Å². The molecule has 6 aliphatic rings. The van der Waals surface area contributed by atoms with Crippen LogP contribution in [0.2, 0.25) is 0 Å². The second kappa shape index (κ2) is 33.4. The number of amides is 7. The molecular formula is C90H109N15O15. The largest absolute Gasteiger partial charge is 0.488 e. The third-order valence-corrected chi connectivity index (χ3v) is 25.7. The van der Waals surface area contributed by atoms with E-state index in [2.05, 4.69) is 123 Å². The maximum Gasteiger partial charge on any atom is 0.408 e. The number of imidazole rings is 4. The van der Waals surface area contributed by atoms with Crippen molar-refractivity contribution >= 4 is 85.7 Å². The monoisotopic (exact) mass is 1640 g/mol. The van der Waals surface area contributed by atoms with Crippen molar-refractivity contribution in [3.05, 3.63) is 132 Å². The zero-order valence-electron chi connectivity index (χ0n) is 70.7. The van der Waals surface area contributed by atoms with E-state index in [0.29, 0.717) is 82.1 Å². The van der Waals surface area contributed by atoms with E-state index in [9.17, 15) is 43.8 Å². The highest BCUT2D eigenvalue weighted by Crippen LogP contribution is 2.54. The summed E-state index contributed by atoms with van der Waals surface area (Å²) in [7, 11) is 5.87. The molecule has 6 aliphatic heterocycles. The number of carbonyl (C=O) groups is 7. The van der Waals surface area contributed by atoms with Crippen LogP contribution in [0.5, 0.6) is 11.5 Å². The number of H-pyrrole nitrogens is 4. The van der Waals surface area contributed by atoms with Crippen LogP contribution in [-0.4, -0.2) is 197 Å². The lowest BCUT2D eigenvalue weighted by Gasteiger charge is -2.45. The minimum absolute atomic E-state index is 0.0250. The molecule has 12 atom stereocenters. The molecule has 10 heterocycles. The smallest absolute Gasteiger partial charge is 0.408 e. The fourth-order valence-electron chi connectivity index (χ4n) is 19.2. The minimum atomic E-state index is -1.23. The number of benzene rings is 6. The van der Waals surface area contributed by atoms with Crippen LogP contribution in [0.15, 0.2) is 97.3 Å². The summed E-state index contributed by atoms with van der Waals surface area (Å²) in [5.74, 6) is 3.30. The Balaban J connectivity index is 0.000000187. The van der Waals surface area contributed by atoms with Crippen LogP contribution in [-0.2, 0) is 52.1 Å². The minimum Gasteiger partial charge on any atom is -0.488 e. The van der Waals surface area contributed by atoms with E-state index in [0.717, 1.165) is 137 Å². The number of ether oxygens (including phenoxy) is 6. The fraction of sp³-hybridized carbons (Fsp3) is 0.478. The predicted molar refractivity (Wildman–Crippen MR) is 451 cm³/mol. The lowest BCUT2D eigenvalue weighted by molar-refractivity contribution is -0.138. The Morgan fingerprint density at radius 1 is 0.567 bits per heavy atom. The summed E-state index contributed by atoms with van der Waals surface area (Å²) in [5.41, 5.74) is 11.6. The van der Waals surface area contributed by atoms with E-state index in [-0.39, 0.29) is 77.5 Å². The predicted octanol–water partition coefficient (Wildman–Crippen LogP) is 15.3. The van der Waals surface area contributed by atoms with E-state index in [1.54, 1.807) is 36.4 Å². The summed E-state index contributed by atoms with van der Waals surface area (Å²) >= 11 is 0. The van der Waals surface area contributed by atoms with Crippen LogP contribution < -0.4 is 25.4 Å². The van der Waals surface area contributed by atoms with Gasteiger partial charge in [0.1, 0.15) is 71.7 Å². The molecule has 16 rings (SSSR count). The molecule has 0 radical (unpaired) electrons. The number of likely N-dealkylation sites (tertiary alicyclic amines) is 4. The van der Waals surface area contributed by atoms with Crippen LogP contribution in [0.1, 0.15) is 174 Å². The zero-order chi connectivity index (χ0) is 85.2. The van der Waals surface area contributed by atoms with Crippen LogP contribution in [0.4, 0.5) is 19.2 Å². The quantitative estimate of drug-likeness (QED) is 0.0342. The number of nitrogens with zero attached hydrogens (tertiary/aromatic N) is 8. The standard InChI is InChI=1S/C46H56N8O8.C44H53N7O7/c1-8-24(4)39(51-45(57)58)43(55)53-20-26(21-60-6)15-36(53)41-47-19-34(49-41)28-10-12-30-29(16-28)22-62-37-18-31-27(17-32(30)37)11-13-33-40(31)50-42(48-33)35-14-9-25(5)54(35)44(56)38(23(2)3)52-46(59)61-7;1-23(2)36(49-41(53)57-8)39(52)51-24(3)9-14-34(51)38-46-32-13-11-26-16-31-29-12-10-27(15-28(29)22-58-35(31)17-30(26)37(32)48-38)33-19-45-40(47-33)44(43(4,5)6)18-25(21-56-7)20-50(44)42(54)55/h10-13,16-19,23-26,35-36,38-39,51H,8-9,14-15,20-22H2,1-7H3,(H,47,49)(H,48,50)(H,52,59)(H,57,58);10-13,15-17,19,23-25,34,36H,9,14,18,20-22H2,1-8H3,(H,45,47)(H,46,48)(H,49,53)(H,54,55)/t24-,25-,26-,35-,36-,38-,39-;24-,25-,34-,36-,44+/m00/s1. The Kier molecular flexibility index (Phi) is 23.2. The molecular weight excluding hydrogens is 1530 g/mol. The molecule has 120 heavy (non-hydrogen) atoms. The van der Waals surface area contributed by atoms with Gasteiger partial charge in [-0.25, -0.2) is 39.1 Å². The number of aromatic nitrogens is 8. The van der Waals surface area contributed by atoms with Crippen LogP contribution in [0, 0.1) is 35.0 Å². The molecule has 0 aliphatic carbocycles. The second-order valence-corrected chi connectivity index (χ2v) is 35.0. The van der Waals surface area contributed by atoms with Crippen molar-refractivity contribution in [2.24, 2.45) is 35.0 Å². The molecule has 30 heteroatoms. The van der Waals surface area contributed by atoms with E-state index >= 15 is 0 Å². The molecule has 7 amide bonds. The number of alkyl carbamates (subject to hydrolysis) is 2. The summed E-state index contributed by atoms with van der Waals surface area (Å²) < 4.78 is 33.4. The van der Waals surface area contributed by atoms with Gasteiger partial charge in [-0.1, -0.05) is 105 Å². The number of rotatable bonds is 20. The van der Waals surface area contributed by atoms with Crippen molar-refractivity contribution in [1.29, 1.82) is 0 Å². The molecule has 6 aromatic carbocycles. The highest BCUT2D eigenvalue weighted by Gasteiger charge is 2.58. The van der Waals surface area contributed by atoms with E-state index < -0.39 is 53.5 Å². The number of aromatic amines is 4. The number of carboxylic acid groups (broad SMARTS) is 2. The van der Waals surface area contributed by atoms with Crippen LogP contribution in [0.3, 0.4) is 0 Å². The zero-order valence-corrected chi connectivity index (χ0v) is 70.7. The van der Waals surface area contributed by atoms with Gasteiger partial charge < -0.3 is 89.2 Å². The average molecular weight is 1640 g/mol. The molecule has 9 N–H and O–H groups in total. The summed E-state index contributed by atoms with van der Waals surface area (Å²) in [6, 6.07) is 25.8. The molecule has 634 valence electrons. The summed E-state index contributed by atoms with van der Waals surface area (Å²) in [6.07, 6.45) is 5.10. The molecule has 4 saturated heterocycles. The Morgan fingerprint density at radius 3 is 1.53 bits per heavy atom. The lowest BCUT2D eigenvalue weighted by atomic mass is 9.70. The number of nitrogens with one attached hydrogen (secondary N) is 7. The van der Waals surface area contributed by atoms with E-state index in [1.807, 2.05) is 83.4 Å². The van der Waals surface area contributed by atoms with Crippen molar-refractivity contribution in [3.8, 4) is 56.3 Å². The molecule has 30 nitrogen and oxygen atoms in total. The topological polar surface area (TPSA) is 379 Å². The lowest BCUT2D eigenvalue weighted by Crippen LogP contribution is -2.53. The van der Waals surface area contributed by atoms with Crippen LogP contribution >= 0.6 is 0 Å². The first-order valence-electron chi connectivity index (χ1n) is 41.6. The number of hydrogen-bond acceptors (Lipinski definition) is 17. The molecule has 0 saturated carbocycles. The third-order valence-electron chi connectivity index (χ3n) is 25.7. The second-order valence-electron chi connectivity index (χ2n) is 35.0. The SMILES string of the molecule is CC[C@H](C)[C@H](NC(=O)O)C(=O)N1C[C@@H](COC)C[C@H]1c1ncc(-c2ccc3c(c2)COc2cc4c(ccc5[nH]c([C@@H]6CC[C@H](C)N6C(=O)[C@@H](NC(=O)OC)C(C)C)nc54)cc2-3)[nH]1.COC[C@@H]1CN(C(=O)O)[C@](c2ncc(-c3ccc4c(c3)COc3cc5c(ccc6[nH]c([C@@H]7CC[C@H](C)N7C(=O)[C@@H](NC(=O)OC)C(C)C)nc65)cc3-4)[nH]2)(C(C)(C)C)C1. The first kappa shape index (κ1) is 83.3. The first-order valence-corrected chi connectivity index (χ1v) is 41.6. The molecule has 0 unspecified atom stereocenters. The van der Waals surface area contributed by atoms with Gasteiger partial charge in [0.25, 0.3) is 0 Å². The Bertz CT molecular complexity index is 5610. The molecule has 10 aromatic rings. The Hall–Kier alpha value is -11.8. The van der Waals surface area contributed by atoms with Gasteiger partial charge >= 0.3 is 24.4 Å². The van der Waals surface area contributed by atoms with Crippen LogP contribution in [0.25, 0.3) is 88.4 Å². The Morgan fingerprint density at radius 2 is 1.07 bits per heavy atom. The summed E-state index contributed by atoms with van der Waals surface area (Å²) in [4.78, 5) is 131. The molecule has 4 fully saturated rings. The fourth-order valence-corrected chi connectivity index (χ4v) is 19.2. The number of hydrogen-bond donors (Lipinski definition) is 9. The number of carbonyl (C=O) groups excluding carboxylic acids is 5. The van der Waals surface area contributed by atoms with Gasteiger partial charge in [-0.3, -0.25) is 19.3 Å². The first-order chi connectivity index (χ1) is 57.4. The van der Waals surface area contributed by atoms with Crippen molar-refractivity contribution in [3.63, 3.8) is 0 Å². The maximum absolute atomic E-state index is 14.0. The number of fused-ring (bicyclic) bond motifs is 12. The third kappa shape index (κ3) is 15.4. The maximum atomic E-state index is 14.0. The van der Waals surface area contributed by atoms with Gasteiger partial charge in [-0.05, 0) is 168 Å².